The van der Waals surface area contributed by atoms with Gasteiger partial charge in [-0.3, -0.25) is 0 Å². The maximum absolute atomic E-state index is 10.2. The molecule has 0 aliphatic heterocycles. The van der Waals surface area contributed by atoms with Gasteiger partial charge in [0, 0.05) is 32.7 Å². The molecule has 0 amide bonds. The van der Waals surface area contributed by atoms with Crippen molar-refractivity contribution in [2.45, 2.75) is 13.3 Å². The predicted molar refractivity (Wildman–Crippen MR) is 32.0 cm³/mol. The second-order valence-corrected chi connectivity index (χ2v) is 1.44. The molecule has 0 spiro atoms. The summed E-state index contributed by atoms with van der Waals surface area (Å²) >= 11 is 0. The minimum atomic E-state index is 0. The van der Waals surface area contributed by atoms with Crippen molar-refractivity contribution in [3.8, 4) is 0 Å². The summed E-state index contributed by atoms with van der Waals surface area (Å²) in [4.78, 5) is 10.2. The molecule has 0 heterocycles. The van der Waals surface area contributed by atoms with Crippen molar-refractivity contribution < 1.29 is 37.5 Å². The molecule has 0 aromatic heterocycles. The molecule has 0 aromatic carbocycles. The average molecular weight is 197 g/mol. The molecule has 0 fully saturated rings. The van der Waals surface area contributed by atoms with E-state index in [0.29, 0.717) is 6.42 Å². The van der Waals surface area contributed by atoms with Gasteiger partial charge in [0.2, 0.25) is 0 Å². The Kier molecular flexibility index (Phi) is 11.0. The van der Waals surface area contributed by atoms with E-state index in [1.54, 1.807) is 0 Å². The molecule has 0 saturated heterocycles. The van der Waals surface area contributed by atoms with E-state index in [1.165, 1.54) is 19.1 Å². The second kappa shape index (κ2) is 8.25. The largest absolute Gasteiger partial charge is 0.394 e. The van der Waals surface area contributed by atoms with Crippen LogP contribution in [0.15, 0.2) is 12.2 Å². The van der Waals surface area contributed by atoms with E-state index in [-0.39, 0.29) is 38.5 Å². The Bertz CT molecular complexity index is 116. The second-order valence-electron chi connectivity index (χ2n) is 1.44. The summed E-state index contributed by atoms with van der Waals surface area (Å²) in [6.45, 7) is 6.47. The summed E-state index contributed by atoms with van der Waals surface area (Å²) in [6, 6.07) is 0. The third-order valence-electron chi connectivity index (χ3n) is 0.565. The van der Waals surface area contributed by atoms with Gasteiger partial charge in [0.1, 0.15) is 5.78 Å². The molecular weight excluding hydrogens is 189 g/mol. The first kappa shape index (κ1) is 12.0. The SMILES string of the molecule is [CH-]=CC=[C-]CC(C)=O.[Y]. The van der Waals surface area contributed by atoms with Crippen LogP contribution in [0.2, 0.25) is 0 Å². The number of ketones is 1. The molecule has 2 heteroatoms. The fourth-order valence-corrected chi connectivity index (χ4v) is 0.271. The molecule has 47 valence electrons. The number of Topliss-reactive ketones (excluding diaryl/α,β-unsaturated/α-hetero) is 1. The molecular formula is C7H8OY-2. The van der Waals surface area contributed by atoms with Crippen LogP contribution < -0.4 is 0 Å². The van der Waals surface area contributed by atoms with Gasteiger partial charge in [0.05, 0.1) is 0 Å². The first-order valence-corrected chi connectivity index (χ1v) is 2.37. The van der Waals surface area contributed by atoms with Gasteiger partial charge in [0.15, 0.2) is 0 Å². The van der Waals surface area contributed by atoms with Crippen LogP contribution in [-0.2, 0) is 37.5 Å². The van der Waals surface area contributed by atoms with Crippen molar-refractivity contribution in [1.82, 2.24) is 0 Å². The normalized spacial score (nSPS) is 8.56. The van der Waals surface area contributed by atoms with Crippen LogP contribution in [0.3, 0.4) is 0 Å². The molecule has 0 saturated carbocycles. The summed E-state index contributed by atoms with van der Waals surface area (Å²) in [6.07, 6.45) is 5.91. The minimum Gasteiger partial charge on any atom is -0.394 e. The van der Waals surface area contributed by atoms with E-state index < -0.39 is 0 Å². The van der Waals surface area contributed by atoms with E-state index in [4.69, 9.17) is 6.58 Å². The monoisotopic (exact) mass is 197 g/mol. The fourth-order valence-electron chi connectivity index (χ4n) is 0.271. The van der Waals surface area contributed by atoms with Crippen LogP contribution >= 0.6 is 0 Å². The van der Waals surface area contributed by atoms with E-state index in [0.717, 1.165) is 0 Å². The van der Waals surface area contributed by atoms with Crippen molar-refractivity contribution in [1.29, 1.82) is 0 Å². The summed E-state index contributed by atoms with van der Waals surface area (Å²) in [5.74, 6) is 0.100. The van der Waals surface area contributed by atoms with Gasteiger partial charge >= 0.3 is 0 Å². The molecule has 1 radical (unpaired) electrons. The van der Waals surface area contributed by atoms with Crippen molar-refractivity contribution in [2.24, 2.45) is 0 Å². The molecule has 0 N–H and O–H groups in total. The zero-order valence-corrected chi connectivity index (χ0v) is 8.26. The van der Waals surface area contributed by atoms with Crippen LogP contribution in [0.5, 0.6) is 0 Å². The summed E-state index contributed by atoms with van der Waals surface area (Å²) < 4.78 is 0. The number of carbonyl (C=O) groups excluding carboxylic acids is 1. The van der Waals surface area contributed by atoms with Gasteiger partial charge in [-0.15, -0.1) is 0 Å². The Balaban J connectivity index is 0. The van der Waals surface area contributed by atoms with E-state index in [2.05, 4.69) is 6.08 Å². The summed E-state index contributed by atoms with van der Waals surface area (Å²) in [7, 11) is 0. The Morgan fingerprint density at radius 2 is 2.33 bits per heavy atom. The minimum absolute atomic E-state index is 0. The third-order valence-corrected chi connectivity index (χ3v) is 0.565. The van der Waals surface area contributed by atoms with Gasteiger partial charge in [-0.05, 0) is 6.92 Å². The molecule has 0 rings (SSSR count). The molecule has 0 unspecified atom stereocenters. The van der Waals surface area contributed by atoms with Crippen molar-refractivity contribution >= 4 is 5.78 Å². The van der Waals surface area contributed by atoms with Crippen LogP contribution in [0.4, 0.5) is 0 Å². The smallest absolute Gasteiger partial charge is 0.114 e. The third kappa shape index (κ3) is 11.7. The number of hydrogen-bond acceptors (Lipinski definition) is 1. The van der Waals surface area contributed by atoms with Gasteiger partial charge in [-0.25, -0.2) is 0 Å². The van der Waals surface area contributed by atoms with E-state index in [1.807, 2.05) is 0 Å². The van der Waals surface area contributed by atoms with Crippen molar-refractivity contribution in [2.75, 3.05) is 0 Å². The molecule has 0 aliphatic rings. The molecule has 0 aromatic rings. The summed E-state index contributed by atoms with van der Waals surface area (Å²) in [5, 5.41) is 0. The number of hydrogen-bond donors (Lipinski definition) is 0. The molecule has 0 bridgehead atoms. The topological polar surface area (TPSA) is 17.1 Å². The number of rotatable bonds is 3. The molecule has 0 aliphatic carbocycles. The van der Waals surface area contributed by atoms with Crippen LogP contribution in [0.1, 0.15) is 13.3 Å². The van der Waals surface area contributed by atoms with Crippen LogP contribution in [0.25, 0.3) is 0 Å². The Labute approximate surface area is 81.1 Å². The maximum Gasteiger partial charge on any atom is 0.114 e. The van der Waals surface area contributed by atoms with Gasteiger partial charge in [0.25, 0.3) is 0 Å². The maximum atomic E-state index is 10.2. The predicted octanol–water partition coefficient (Wildman–Crippen LogP) is 1.31. The molecule has 0 atom stereocenters. The number of carbonyl (C=O) groups is 1. The quantitative estimate of drug-likeness (QED) is 0.492. The number of allylic oxidation sites excluding steroid dienone is 3. The van der Waals surface area contributed by atoms with Gasteiger partial charge < -0.3 is 29.6 Å². The van der Waals surface area contributed by atoms with E-state index in [9.17, 15) is 4.79 Å². The standard InChI is InChI=1S/C7H8O.Y/c1-3-4-5-6-7(2)8;/h1,3-4H,6H2,2H3;/q-2;. The fraction of sp³-hybridized carbons (Fsp3) is 0.286. The van der Waals surface area contributed by atoms with Gasteiger partial charge in [-0.2, -0.15) is 0 Å². The zero-order chi connectivity index (χ0) is 6.41. The first-order chi connectivity index (χ1) is 3.77. The Hall–Kier alpha value is 0.254. The Morgan fingerprint density at radius 1 is 1.78 bits per heavy atom. The van der Waals surface area contributed by atoms with Crippen molar-refractivity contribution in [3.63, 3.8) is 0 Å². The van der Waals surface area contributed by atoms with E-state index >= 15 is 0 Å². The zero-order valence-electron chi connectivity index (χ0n) is 5.42. The summed E-state index contributed by atoms with van der Waals surface area (Å²) in [5.41, 5.74) is 0. The molecule has 9 heavy (non-hydrogen) atoms. The Morgan fingerprint density at radius 3 is 2.67 bits per heavy atom. The van der Waals surface area contributed by atoms with Crippen LogP contribution in [-0.4, -0.2) is 5.78 Å². The van der Waals surface area contributed by atoms with Crippen LogP contribution in [0, 0.1) is 12.7 Å². The van der Waals surface area contributed by atoms with Gasteiger partial charge in [-0.1, -0.05) is 6.42 Å². The van der Waals surface area contributed by atoms with Crippen molar-refractivity contribution in [3.05, 3.63) is 24.8 Å². The first-order valence-electron chi connectivity index (χ1n) is 2.37. The molecule has 1 nitrogen and oxygen atoms in total. The average Bonchev–Trinajstić information content (AvgIpc) is 1.66.